The summed E-state index contributed by atoms with van der Waals surface area (Å²) in [6.07, 6.45) is 1.64. The Labute approximate surface area is 159 Å². The number of hydrogen-bond donors (Lipinski definition) is 2. The molecule has 0 aliphatic rings. The minimum atomic E-state index is -3.45. The summed E-state index contributed by atoms with van der Waals surface area (Å²) in [6.45, 7) is 4.69. The number of benzene rings is 2. The molecule has 0 aliphatic heterocycles. The summed E-state index contributed by atoms with van der Waals surface area (Å²) in [5, 5.41) is 7.00. The molecule has 2 aromatic carbocycles. The van der Waals surface area contributed by atoms with Crippen LogP contribution < -0.4 is 9.46 Å². The third-order valence-electron chi connectivity index (χ3n) is 4.13. The Morgan fingerprint density at radius 2 is 1.78 bits per heavy atom. The first-order chi connectivity index (χ1) is 13.0. The van der Waals surface area contributed by atoms with E-state index in [1.54, 1.807) is 6.20 Å². The van der Waals surface area contributed by atoms with Crippen LogP contribution in [-0.4, -0.2) is 25.2 Å². The summed E-state index contributed by atoms with van der Waals surface area (Å²) in [5.74, 6) is 0.741. The fourth-order valence-corrected chi connectivity index (χ4v) is 3.83. The number of nitrogens with one attached hydrogen (secondary N) is 2. The third kappa shape index (κ3) is 5.18. The molecule has 1 heterocycles. The van der Waals surface area contributed by atoms with Crippen LogP contribution in [0.1, 0.15) is 23.6 Å². The monoisotopic (exact) mass is 385 g/mol. The van der Waals surface area contributed by atoms with Gasteiger partial charge in [0.2, 0.25) is 10.0 Å². The SMILES string of the molecule is CCOc1ccc(-c2[nH]ncc2CNS(=O)(=O)Cc2ccc(C)cc2)cc1. The number of rotatable bonds is 8. The highest BCUT2D eigenvalue weighted by molar-refractivity contribution is 7.88. The number of aromatic amines is 1. The predicted molar refractivity (Wildman–Crippen MR) is 106 cm³/mol. The minimum absolute atomic E-state index is 0.0521. The Hall–Kier alpha value is -2.64. The quantitative estimate of drug-likeness (QED) is 0.622. The molecule has 3 rings (SSSR count). The highest BCUT2D eigenvalue weighted by Gasteiger charge is 2.14. The molecule has 142 valence electrons. The molecule has 0 bridgehead atoms. The van der Waals surface area contributed by atoms with E-state index < -0.39 is 10.0 Å². The van der Waals surface area contributed by atoms with E-state index in [0.29, 0.717) is 6.61 Å². The molecule has 0 amide bonds. The maximum absolute atomic E-state index is 12.4. The van der Waals surface area contributed by atoms with Gasteiger partial charge in [0.05, 0.1) is 24.3 Å². The zero-order chi connectivity index (χ0) is 19.3. The zero-order valence-corrected chi connectivity index (χ0v) is 16.2. The molecule has 0 aliphatic carbocycles. The summed E-state index contributed by atoms with van der Waals surface area (Å²) < 4.78 is 32.9. The van der Waals surface area contributed by atoms with Gasteiger partial charge >= 0.3 is 0 Å². The second-order valence-corrected chi connectivity index (χ2v) is 8.10. The molecule has 0 unspecified atom stereocenters. The van der Waals surface area contributed by atoms with Crippen LogP contribution in [0.3, 0.4) is 0 Å². The lowest BCUT2D eigenvalue weighted by Gasteiger charge is -2.08. The van der Waals surface area contributed by atoms with Crippen LogP contribution in [0, 0.1) is 6.92 Å². The van der Waals surface area contributed by atoms with E-state index in [1.807, 2.05) is 62.4 Å². The van der Waals surface area contributed by atoms with Gasteiger partial charge in [0.25, 0.3) is 0 Å². The van der Waals surface area contributed by atoms with Gasteiger partial charge in [-0.1, -0.05) is 29.8 Å². The maximum Gasteiger partial charge on any atom is 0.216 e. The molecule has 2 N–H and O–H groups in total. The molecule has 6 nitrogen and oxygen atoms in total. The van der Waals surface area contributed by atoms with Crippen molar-refractivity contribution in [2.75, 3.05) is 6.61 Å². The first kappa shape index (κ1) is 19.1. The molecule has 0 radical (unpaired) electrons. The second-order valence-electron chi connectivity index (χ2n) is 6.29. The lowest BCUT2D eigenvalue weighted by Crippen LogP contribution is -2.24. The molecule has 0 saturated carbocycles. The lowest BCUT2D eigenvalue weighted by atomic mass is 10.1. The standard InChI is InChI=1S/C20H23N3O3S/c1-3-26-19-10-8-17(9-11-19)20-18(12-21-23-20)13-22-27(24,25)14-16-6-4-15(2)5-7-16/h4-12,22H,3,13-14H2,1-2H3,(H,21,23). The van der Waals surface area contributed by atoms with Crippen molar-refractivity contribution in [3.63, 3.8) is 0 Å². The molecule has 1 aromatic heterocycles. The van der Waals surface area contributed by atoms with Crippen molar-refractivity contribution in [3.05, 3.63) is 71.4 Å². The van der Waals surface area contributed by atoms with Crippen LogP contribution in [0.4, 0.5) is 0 Å². The Balaban J connectivity index is 1.68. The van der Waals surface area contributed by atoms with E-state index in [-0.39, 0.29) is 12.3 Å². The number of sulfonamides is 1. The third-order valence-corrected chi connectivity index (χ3v) is 5.43. The van der Waals surface area contributed by atoms with Crippen LogP contribution >= 0.6 is 0 Å². The Morgan fingerprint density at radius 1 is 1.07 bits per heavy atom. The maximum atomic E-state index is 12.4. The number of aromatic nitrogens is 2. The van der Waals surface area contributed by atoms with Crippen molar-refractivity contribution >= 4 is 10.0 Å². The molecule has 7 heteroatoms. The van der Waals surface area contributed by atoms with Crippen LogP contribution in [-0.2, 0) is 22.3 Å². The molecule has 0 saturated heterocycles. The van der Waals surface area contributed by atoms with E-state index in [2.05, 4.69) is 14.9 Å². The van der Waals surface area contributed by atoms with Gasteiger partial charge < -0.3 is 4.74 Å². The average molecular weight is 385 g/mol. The van der Waals surface area contributed by atoms with Crippen molar-refractivity contribution in [1.82, 2.24) is 14.9 Å². The van der Waals surface area contributed by atoms with Crippen LogP contribution in [0.2, 0.25) is 0 Å². The predicted octanol–water partition coefficient (Wildman–Crippen LogP) is 3.40. The van der Waals surface area contributed by atoms with E-state index >= 15 is 0 Å². The molecule has 27 heavy (non-hydrogen) atoms. The van der Waals surface area contributed by atoms with E-state index in [4.69, 9.17) is 4.74 Å². The van der Waals surface area contributed by atoms with Gasteiger partial charge in [-0.05, 0) is 43.7 Å². The lowest BCUT2D eigenvalue weighted by molar-refractivity contribution is 0.340. The van der Waals surface area contributed by atoms with E-state index in [1.165, 1.54) is 0 Å². The van der Waals surface area contributed by atoms with Crippen molar-refractivity contribution in [1.29, 1.82) is 0 Å². The number of aryl methyl sites for hydroxylation is 1. The van der Waals surface area contributed by atoms with E-state index in [0.717, 1.165) is 33.7 Å². The van der Waals surface area contributed by atoms with Gasteiger partial charge in [0.1, 0.15) is 5.75 Å². The van der Waals surface area contributed by atoms with Crippen LogP contribution in [0.5, 0.6) is 5.75 Å². The molecule has 0 fully saturated rings. The number of ether oxygens (including phenoxy) is 1. The molecule has 3 aromatic rings. The Kier molecular flexibility index (Phi) is 5.93. The van der Waals surface area contributed by atoms with Gasteiger partial charge in [0, 0.05) is 17.7 Å². The van der Waals surface area contributed by atoms with Gasteiger partial charge in [-0.25, -0.2) is 13.1 Å². The minimum Gasteiger partial charge on any atom is -0.494 e. The van der Waals surface area contributed by atoms with Gasteiger partial charge in [0.15, 0.2) is 0 Å². The second kappa shape index (κ2) is 8.37. The van der Waals surface area contributed by atoms with Crippen LogP contribution in [0.25, 0.3) is 11.3 Å². The molecule has 0 atom stereocenters. The normalized spacial score (nSPS) is 11.5. The van der Waals surface area contributed by atoms with Crippen LogP contribution in [0.15, 0.2) is 54.7 Å². The first-order valence-corrected chi connectivity index (χ1v) is 10.4. The van der Waals surface area contributed by atoms with Crippen molar-refractivity contribution in [3.8, 4) is 17.0 Å². The fraction of sp³-hybridized carbons (Fsp3) is 0.250. The van der Waals surface area contributed by atoms with E-state index in [9.17, 15) is 8.42 Å². The van der Waals surface area contributed by atoms with Gasteiger partial charge in [-0.2, -0.15) is 5.10 Å². The Bertz CT molecular complexity index is 978. The number of H-pyrrole nitrogens is 1. The number of hydrogen-bond acceptors (Lipinski definition) is 4. The summed E-state index contributed by atoms with van der Waals surface area (Å²) in [7, 11) is -3.45. The topological polar surface area (TPSA) is 84.1 Å². The summed E-state index contributed by atoms with van der Waals surface area (Å²) in [4.78, 5) is 0. The first-order valence-electron chi connectivity index (χ1n) is 8.75. The summed E-state index contributed by atoms with van der Waals surface area (Å²) in [5.41, 5.74) is 4.35. The largest absolute Gasteiger partial charge is 0.494 e. The van der Waals surface area contributed by atoms with Gasteiger partial charge in [-0.15, -0.1) is 0 Å². The number of nitrogens with zero attached hydrogens (tertiary/aromatic N) is 1. The highest BCUT2D eigenvalue weighted by atomic mass is 32.2. The Morgan fingerprint density at radius 3 is 2.44 bits per heavy atom. The van der Waals surface area contributed by atoms with Gasteiger partial charge in [-0.3, -0.25) is 5.10 Å². The molecular formula is C20H23N3O3S. The smallest absolute Gasteiger partial charge is 0.216 e. The fourth-order valence-electron chi connectivity index (χ4n) is 2.72. The average Bonchev–Trinajstić information content (AvgIpc) is 3.12. The van der Waals surface area contributed by atoms with Crippen molar-refractivity contribution in [2.45, 2.75) is 26.1 Å². The highest BCUT2D eigenvalue weighted by Crippen LogP contribution is 2.24. The van der Waals surface area contributed by atoms with Crippen molar-refractivity contribution in [2.24, 2.45) is 0 Å². The van der Waals surface area contributed by atoms with Crippen molar-refractivity contribution < 1.29 is 13.2 Å². The molecule has 0 spiro atoms. The summed E-state index contributed by atoms with van der Waals surface area (Å²) in [6, 6.07) is 15.1. The molecular weight excluding hydrogens is 362 g/mol. The zero-order valence-electron chi connectivity index (χ0n) is 15.4. The summed E-state index contributed by atoms with van der Waals surface area (Å²) >= 11 is 0.